The number of thiazole rings is 1. The third-order valence-electron chi connectivity index (χ3n) is 1.62. The fourth-order valence-corrected chi connectivity index (χ4v) is 2.38. The van der Waals surface area contributed by atoms with E-state index in [1.807, 2.05) is 29.3 Å². The lowest BCUT2D eigenvalue weighted by Gasteiger charge is -1.95. The lowest BCUT2D eigenvalue weighted by Crippen LogP contribution is -1.82. The Balaban J connectivity index is 2.52. The Hall–Kier alpha value is -0.0200. The number of nitrogens with zero attached hydrogens (tertiary/aromatic N) is 1. The van der Waals surface area contributed by atoms with E-state index in [0.29, 0.717) is 5.92 Å². The van der Waals surface area contributed by atoms with Gasteiger partial charge >= 0.3 is 0 Å². The van der Waals surface area contributed by atoms with Gasteiger partial charge in [0.05, 0.1) is 5.01 Å². The zero-order chi connectivity index (χ0) is 8.97. The number of aryl methyl sites for hydroxylation is 1. The van der Waals surface area contributed by atoms with Crippen molar-refractivity contribution in [1.82, 2.24) is 4.98 Å². The summed E-state index contributed by atoms with van der Waals surface area (Å²) >= 11 is 3.75. The Bertz CT molecular complexity index is 230. The molecule has 0 radical (unpaired) electrons. The molecule has 0 aliphatic rings. The van der Waals surface area contributed by atoms with Crippen LogP contribution in [-0.4, -0.2) is 17.0 Å². The molecule has 0 bridgehead atoms. The van der Waals surface area contributed by atoms with Gasteiger partial charge in [0, 0.05) is 17.0 Å². The fourth-order valence-electron chi connectivity index (χ4n) is 0.908. The smallest absolute Gasteiger partial charge is 0.0953 e. The van der Waals surface area contributed by atoms with Crippen LogP contribution in [0.2, 0.25) is 0 Å². The molecule has 0 atom stereocenters. The average molecular weight is 201 g/mol. The summed E-state index contributed by atoms with van der Waals surface area (Å²) in [7, 11) is 0. The van der Waals surface area contributed by atoms with Crippen molar-refractivity contribution in [2.24, 2.45) is 0 Å². The molecule has 0 aliphatic carbocycles. The van der Waals surface area contributed by atoms with Crippen molar-refractivity contribution in [3.8, 4) is 0 Å². The maximum Gasteiger partial charge on any atom is 0.0953 e. The van der Waals surface area contributed by atoms with Crippen LogP contribution in [0.4, 0.5) is 0 Å². The van der Waals surface area contributed by atoms with Gasteiger partial charge in [-0.1, -0.05) is 13.8 Å². The van der Waals surface area contributed by atoms with E-state index in [0.717, 1.165) is 0 Å². The molecule has 0 fully saturated rings. The minimum Gasteiger partial charge on any atom is -0.249 e. The second-order valence-electron chi connectivity index (χ2n) is 3.06. The number of thioether (sulfide) groups is 1. The number of aromatic nitrogens is 1. The zero-order valence-electron chi connectivity index (χ0n) is 7.83. The van der Waals surface area contributed by atoms with E-state index in [9.17, 15) is 0 Å². The van der Waals surface area contributed by atoms with Crippen molar-refractivity contribution in [1.29, 1.82) is 0 Å². The SMILES string of the molecule is CSCCc1cnc(C(C)C)s1. The quantitative estimate of drug-likeness (QED) is 0.742. The van der Waals surface area contributed by atoms with Gasteiger partial charge in [-0.15, -0.1) is 11.3 Å². The molecule has 12 heavy (non-hydrogen) atoms. The van der Waals surface area contributed by atoms with Gasteiger partial charge in [0.2, 0.25) is 0 Å². The summed E-state index contributed by atoms with van der Waals surface area (Å²) in [5.41, 5.74) is 0. The summed E-state index contributed by atoms with van der Waals surface area (Å²) in [5.74, 6) is 1.79. The van der Waals surface area contributed by atoms with Crippen molar-refractivity contribution >= 4 is 23.1 Å². The van der Waals surface area contributed by atoms with Gasteiger partial charge < -0.3 is 0 Å². The first-order chi connectivity index (χ1) is 5.74. The molecular formula is C9H15NS2. The van der Waals surface area contributed by atoms with Gasteiger partial charge in [-0.2, -0.15) is 11.8 Å². The van der Waals surface area contributed by atoms with Crippen LogP contribution in [0, 0.1) is 0 Å². The molecule has 0 amide bonds. The number of hydrogen-bond acceptors (Lipinski definition) is 3. The molecule has 0 unspecified atom stereocenters. The third kappa shape index (κ3) is 2.79. The topological polar surface area (TPSA) is 12.9 Å². The largest absolute Gasteiger partial charge is 0.249 e. The monoisotopic (exact) mass is 201 g/mol. The summed E-state index contributed by atoms with van der Waals surface area (Å²) in [5, 5.41) is 1.27. The molecule has 0 aliphatic heterocycles. The Kier molecular flexibility index (Phi) is 4.09. The lowest BCUT2D eigenvalue weighted by molar-refractivity contribution is 0.852. The number of hydrogen-bond donors (Lipinski definition) is 0. The van der Waals surface area contributed by atoms with E-state index in [-0.39, 0.29) is 0 Å². The second-order valence-corrected chi connectivity index (χ2v) is 5.19. The Morgan fingerprint density at radius 3 is 2.83 bits per heavy atom. The lowest BCUT2D eigenvalue weighted by atomic mass is 10.2. The van der Waals surface area contributed by atoms with E-state index in [1.54, 1.807) is 0 Å². The highest BCUT2D eigenvalue weighted by Crippen LogP contribution is 2.21. The maximum absolute atomic E-state index is 4.38. The molecule has 68 valence electrons. The standard InChI is InChI=1S/C9H15NS2/c1-7(2)9-10-6-8(12-9)4-5-11-3/h6-7H,4-5H2,1-3H3. The molecule has 0 spiro atoms. The maximum atomic E-state index is 4.38. The molecule has 0 aromatic carbocycles. The normalized spacial score (nSPS) is 11.0. The van der Waals surface area contributed by atoms with Crippen LogP contribution in [0.5, 0.6) is 0 Å². The van der Waals surface area contributed by atoms with Crippen LogP contribution in [0.1, 0.15) is 29.7 Å². The van der Waals surface area contributed by atoms with Gasteiger partial charge in [-0.25, -0.2) is 4.98 Å². The van der Waals surface area contributed by atoms with Crippen LogP contribution >= 0.6 is 23.1 Å². The number of rotatable bonds is 4. The predicted octanol–water partition coefficient (Wildman–Crippen LogP) is 3.17. The van der Waals surface area contributed by atoms with Gasteiger partial charge in [0.25, 0.3) is 0 Å². The first-order valence-electron chi connectivity index (χ1n) is 4.17. The summed E-state index contributed by atoms with van der Waals surface area (Å²) in [6, 6.07) is 0. The molecule has 0 N–H and O–H groups in total. The van der Waals surface area contributed by atoms with Crippen molar-refractivity contribution in [2.45, 2.75) is 26.2 Å². The van der Waals surface area contributed by atoms with E-state index < -0.39 is 0 Å². The molecule has 0 saturated carbocycles. The Labute approximate surface area is 82.6 Å². The molecule has 1 aromatic rings. The van der Waals surface area contributed by atoms with Gasteiger partial charge in [-0.05, 0) is 18.4 Å². The Morgan fingerprint density at radius 1 is 1.58 bits per heavy atom. The minimum absolute atomic E-state index is 0.582. The van der Waals surface area contributed by atoms with Crippen molar-refractivity contribution in [2.75, 3.05) is 12.0 Å². The summed E-state index contributed by atoms with van der Waals surface area (Å²) in [4.78, 5) is 5.80. The van der Waals surface area contributed by atoms with Crippen LogP contribution in [-0.2, 0) is 6.42 Å². The fraction of sp³-hybridized carbons (Fsp3) is 0.667. The predicted molar refractivity (Wildman–Crippen MR) is 58.3 cm³/mol. The third-order valence-corrected chi connectivity index (χ3v) is 3.59. The highest BCUT2D eigenvalue weighted by molar-refractivity contribution is 7.98. The minimum atomic E-state index is 0.582. The molecule has 0 saturated heterocycles. The Morgan fingerprint density at radius 2 is 2.33 bits per heavy atom. The molecule has 1 rings (SSSR count). The molecule has 1 nitrogen and oxygen atoms in total. The van der Waals surface area contributed by atoms with Crippen LogP contribution in [0.3, 0.4) is 0 Å². The van der Waals surface area contributed by atoms with Crippen LogP contribution < -0.4 is 0 Å². The highest BCUT2D eigenvalue weighted by atomic mass is 32.2. The zero-order valence-corrected chi connectivity index (χ0v) is 9.47. The van der Waals surface area contributed by atoms with E-state index in [2.05, 4.69) is 25.1 Å². The van der Waals surface area contributed by atoms with Crippen molar-refractivity contribution < 1.29 is 0 Å². The molecule has 1 aromatic heterocycles. The first kappa shape index (κ1) is 10.1. The summed E-state index contributed by atoms with van der Waals surface area (Å²) < 4.78 is 0. The van der Waals surface area contributed by atoms with Gasteiger partial charge in [0.1, 0.15) is 0 Å². The highest BCUT2D eigenvalue weighted by Gasteiger charge is 2.04. The van der Waals surface area contributed by atoms with E-state index >= 15 is 0 Å². The first-order valence-corrected chi connectivity index (χ1v) is 6.38. The molecule has 3 heteroatoms. The summed E-state index contributed by atoms with van der Waals surface area (Å²) in [6.45, 7) is 4.38. The van der Waals surface area contributed by atoms with Crippen LogP contribution in [0.15, 0.2) is 6.20 Å². The second kappa shape index (κ2) is 4.87. The molecule has 1 heterocycles. The average Bonchev–Trinajstić information content (AvgIpc) is 2.48. The van der Waals surface area contributed by atoms with Crippen molar-refractivity contribution in [3.63, 3.8) is 0 Å². The van der Waals surface area contributed by atoms with E-state index in [1.165, 1.54) is 22.1 Å². The summed E-state index contributed by atoms with van der Waals surface area (Å²) in [6.07, 6.45) is 5.34. The van der Waals surface area contributed by atoms with Gasteiger partial charge in [0.15, 0.2) is 0 Å². The van der Waals surface area contributed by atoms with Crippen LogP contribution in [0.25, 0.3) is 0 Å². The van der Waals surface area contributed by atoms with Gasteiger partial charge in [-0.3, -0.25) is 0 Å². The van der Waals surface area contributed by atoms with E-state index in [4.69, 9.17) is 0 Å². The van der Waals surface area contributed by atoms with Crippen molar-refractivity contribution in [3.05, 3.63) is 16.1 Å². The molecular weight excluding hydrogens is 186 g/mol.